The molecule has 0 radical (unpaired) electrons. The number of benzene rings is 1. The van der Waals surface area contributed by atoms with Gasteiger partial charge >= 0.3 is 0 Å². The summed E-state index contributed by atoms with van der Waals surface area (Å²) >= 11 is 1.60. The van der Waals surface area contributed by atoms with E-state index in [0.29, 0.717) is 0 Å². The van der Waals surface area contributed by atoms with Crippen molar-refractivity contribution in [2.75, 3.05) is 0 Å². The smallest absolute Gasteiger partial charge is 0.123 e. The SMILES string of the molecule is Cc1nc(C)c(C(NN)c2ccc(F)cc2)s1. The minimum atomic E-state index is -0.248. The Bertz CT molecular complexity index is 507. The van der Waals surface area contributed by atoms with Gasteiger partial charge in [-0.05, 0) is 31.5 Å². The lowest BCUT2D eigenvalue weighted by atomic mass is 10.1. The highest BCUT2D eigenvalue weighted by atomic mass is 32.1. The number of hydrogen-bond acceptors (Lipinski definition) is 4. The van der Waals surface area contributed by atoms with Crippen LogP contribution in [0.1, 0.15) is 27.2 Å². The van der Waals surface area contributed by atoms with Crippen molar-refractivity contribution in [2.45, 2.75) is 19.9 Å². The van der Waals surface area contributed by atoms with E-state index in [1.807, 2.05) is 13.8 Å². The zero-order valence-corrected chi connectivity index (χ0v) is 10.5. The van der Waals surface area contributed by atoms with Gasteiger partial charge in [0.05, 0.1) is 21.6 Å². The molecule has 1 aromatic carbocycles. The number of thiazole rings is 1. The molecule has 0 saturated carbocycles. The average Bonchev–Trinajstić information content (AvgIpc) is 2.62. The second-order valence-corrected chi connectivity index (χ2v) is 5.07. The first-order valence-electron chi connectivity index (χ1n) is 5.27. The van der Waals surface area contributed by atoms with Crippen LogP contribution in [-0.4, -0.2) is 4.98 Å². The van der Waals surface area contributed by atoms with Gasteiger partial charge in [-0.15, -0.1) is 11.3 Å². The maximum Gasteiger partial charge on any atom is 0.123 e. The molecule has 0 bridgehead atoms. The van der Waals surface area contributed by atoms with E-state index in [1.165, 1.54) is 12.1 Å². The average molecular weight is 251 g/mol. The van der Waals surface area contributed by atoms with Gasteiger partial charge in [0.2, 0.25) is 0 Å². The second kappa shape index (κ2) is 4.91. The van der Waals surface area contributed by atoms with Crippen LogP contribution in [0.5, 0.6) is 0 Å². The van der Waals surface area contributed by atoms with Crippen LogP contribution >= 0.6 is 11.3 Å². The third-order valence-corrected chi connectivity index (χ3v) is 3.71. The molecular formula is C12H14FN3S. The zero-order chi connectivity index (χ0) is 12.4. The fourth-order valence-corrected chi connectivity index (χ4v) is 2.81. The first-order chi connectivity index (χ1) is 8.11. The highest BCUT2D eigenvalue weighted by molar-refractivity contribution is 7.11. The molecule has 0 fully saturated rings. The van der Waals surface area contributed by atoms with Crippen LogP contribution in [0.4, 0.5) is 4.39 Å². The van der Waals surface area contributed by atoms with Crippen molar-refractivity contribution >= 4 is 11.3 Å². The molecule has 1 unspecified atom stereocenters. The normalized spacial score (nSPS) is 12.7. The van der Waals surface area contributed by atoms with E-state index in [1.54, 1.807) is 23.5 Å². The molecule has 5 heteroatoms. The number of nitrogens with one attached hydrogen (secondary N) is 1. The Kier molecular flexibility index (Phi) is 3.51. The summed E-state index contributed by atoms with van der Waals surface area (Å²) in [5, 5.41) is 1.000. The summed E-state index contributed by atoms with van der Waals surface area (Å²) in [5.41, 5.74) is 4.65. The quantitative estimate of drug-likeness (QED) is 0.651. The van der Waals surface area contributed by atoms with Crippen LogP contribution in [0.3, 0.4) is 0 Å². The van der Waals surface area contributed by atoms with Crippen LogP contribution in [0.25, 0.3) is 0 Å². The lowest BCUT2D eigenvalue weighted by Crippen LogP contribution is -2.28. The number of aromatic nitrogens is 1. The third-order valence-electron chi connectivity index (χ3n) is 2.57. The van der Waals surface area contributed by atoms with E-state index in [4.69, 9.17) is 5.84 Å². The minimum absolute atomic E-state index is 0.137. The van der Waals surface area contributed by atoms with Gasteiger partial charge in [0.25, 0.3) is 0 Å². The summed E-state index contributed by atoms with van der Waals surface area (Å²) in [5.74, 6) is 5.34. The van der Waals surface area contributed by atoms with Crippen LogP contribution in [0.2, 0.25) is 0 Å². The van der Waals surface area contributed by atoms with Crippen molar-refractivity contribution in [2.24, 2.45) is 5.84 Å². The van der Waals surface area contributed by atoms with Gasteiger partial charge < -0.3 is 0 Å². The van der Waals surface area contributed by atoms with E-state index < -0.39 is 0 Å². The van der Waals surface area contributed by atoms with Crippen molar-refractivity contribution < 1.29 is 4.39 Å². The molecule has 0 aliphatic rings. The molecule has 0 spiro atoms. The molecule has 0 amide bonds. The van der Waals surface area contributed by atoms with Crippen LogP contribution in [0.15, 0.2) is 24.3 Å². The van der Waals surface area contributed by atoms with Crippen LogP contribution < -0.4 is 11.3 Å². The van der Waals surface area contributed by atoms with Crippen molar-refractivity contribution in [3.05, 3.63) is 51.2 Å². The number of nitrogens with zero attached hydrogens (tertiary/aromatic N) is 1. The van der Waals surface area contributed by atoms with E-state index >= 15 is 0 Å². The number of rotatable bonds is 3. The van der Waals surface area contributed by atoms with Crippen LogP contribution in [0, 0.1) is 19.7 Å². The minimum Gasteiger partial charge on any atom is -0.271 e. The first kappa shape index (κ1) is 12.2. The Labute approximate surface area is 103 Å². The Morgan fingerprint density at radius 2 is 1.94 bits per heavy atom. The van der Waals surface area contributed by atoms with Crippen molar-refractivity contribution in [3.8, 4) is 0 Å². The molecule has 1 atom stereocenters. The van der Waals surface area contributed by atoms with Crippen LogP contribution in [-0.2, 0) is 0 Å². The lowest BCUT2D eigenvalue weighted by molar-refractivity contribution is 0.617. The maximum absolute atomic E-state index is 12.9. The first-order valence-corrected chi connectivity index (χ1v) is 6.09. The Balaban J connectivity index is 2.39. The molecule has 3 N–H and O–H groups in total. The molecule has 90 valence electrons. The molecule has 1 heterocycles. The summed E-state index contributed by atoms with van der Waals surface area (Å²) in [6.07, 6.45) is 0. The topological polar surface area (TPSA) is 50.9 Å². The van der Waals surface area contributed by atoms with Crippen molar-refractivity contribution in [1.82, 2.24) is 10.4 Å². The number of nitrogens with two attached hydrogens (primary N) is 1. The highest BCUT2D eigenvalue weighted by Crippen LogP contribution is 2.29. The summed E-state index contributed by atoms with van der Waals surface area (Å²) in [7, 11) is 0. The highest BCUT2D eigenvalue weighted by Gasteiger charge is 2.18. The molecule has 17 heavy (non-hydrogen) atoms. The van der Waals surface area contributed by atoms with Gasteiger partial charge in [-0.3, -0.25) is 5.84 Å². The van der Waals surface area contributed by atoms with Crippen molar-refractivity contribution in [3.63, 3.8) is 0 Å². The molecule has 0 aliphatic heterocycles. The monoisotopic (exact) mass is 251 g/mol. The van der Waals surface area contributed by atoms with Gasteiger partial charge in [-0.2, -0.15) is 0 Å². The summed E-state index contributed by atoms with van der Waals surface area (Å²) < 4.78 is 12.9. The Morgan fingerprint density at radius 1 is 1.29 bits per heavy atom. The summed E-state index contributed by atoms with van der Waals surface area (Å²) in [6, 6.07) is 6.19. The molecule has 0 aliphatic carbocycles. The fourth-order valence-electron chi connectivity index (χ4n) is 1.79. The third kappa shape index (κ3) is 2.52. The predicted molar refractivity (Wildman–Crippen MR) is 67.2 cm³/mol. The molecule has 0 saturated heterocycles. The number of aryl methyl sites for hydroxylation is 2. The zero-order valence-electron chi connectivity index (χ0n) is 9.70. The van der Waals surface area contributed by atoms with Gasteiger partial charge in [0.1, 0.15) is 5.82 Å². The standard InChI is InChI=1S/C12H14FN3S/c1-7-12(17-8(2)15-7)11(16-14)9-3-5-10(13)6-4-9/h3-6,11,16H,14H2,1-2H3. The number of hydrogen-bond donors (Lipinski definition) is 2. The molecule has 2 aromatic rings. The summed E-state index contributed by atoms with van der Waals surface area (Å²) in [6.45, 7) is 3.91. The van der Waals surface area contributed by atoms with Gasteiger partial charge in [-0.1, -0.05) is 12.1 Å². The van der Waals surface area contributed by atoms with Gasteiger partial charge in [0.15, 0.2) is 0 Å². The molecule has 3 nitrogen and oxygen atoms in total. The number of hydrazine groups is 1. The van der Waals surface area contributed by atoms with E-state index in [0.717, 1.165) is 21.1 Å². The summed E-state index contributed by atoms with van der Waals surface area (Å²) in [4.78, 5) is 5.44. The van der Waals surface area contributed by atoms with Gasteiger partial charge in [0, 0.05) is 0 Å². The lowest BCUT2D eigenvalue weighted by Gasteiger charge is -2.15. The Hall–Kier alpha value is -1.30. The van der Waals surface area contributed by atoms with E-state index in [9.17, 15) is 4.39 Å². The largest absolute Gasteiger partial charge is 0.271 e. The van der Waals surface area contributed by atoms with E-state index in [-0.39, 0.29) is 11.9 Å². The molecule has 1 aromatic heterocycles. The maximum atomic E-state index is 12.9. The molecular weight excluding hydrogens is 237 g/mol. The number of halogens is 1. The Morgan fingerprint density at radius 3 is 2.41 bits per heavy atom. The van der Waals surface area contributed by atoms with Gasteiger partial charge in [-0.25, -0.2) is 14.8 Å². The molecule has 2 rings (SSSR count). The fraction of sp³-hybridized carbons (Fsp3) is 0.250. The van der Waals surface area contributed by atoms with E-state index in [2.05, 4.69) is 10.4 Å². The second-order valence-electron chi connectivity index (χ2n) is 3.83. The van der Waals surface area contributed by atoms with Crippen molar-refractivity contribution in [1.29, 1.82) is 0 Å². The predicted octanol–water partition coefficient (Wildman–Crippen LogP) is 2.45.